The lowest BCUT2D eigenvalue weighted by molar-refractivity contribution is 0.252. The van der Waals surface area contributed by atoms with Gasteiger partial charge in [-0.15, -0.1) is 0 Å². The van der Waals surface area contributed by atoms with Crippen LogP contribution in [0.5, 0.6) is 0 Å². The molecule has 2 aromatic carbocycles. The summed E-state index contributed by atoms with van der Waals surface area (Å²) in [6, 6.07) is 17.4. The normalized spacial score (nSPS) is 11.5. The lowest BCUT2D eigenvalue weighted by Crippen LogP contribution is -2.24. The smallest absolute Gasteiger partial charge is 0.339 e. The first kappa shape index (κ1) is 20.6. The Balaban J connectivity index is 1.50. The number of para-hydroxylation sites is 1. The Morgan fingerprint density at radius 3 is 2.48 bits per heavy atom. The SMILES string of the molecule is O=C(N/N=C/c1ccc(CNS(=O)(=O)c2ccc(Cl)cc2)o1)Nc1ccccc1. The maximum atomic E-state index is 12.2. The summed E-state index contributed by atoms with van der Waals surface area (Å²) in [7, 11) is -3.69. The highest BCUT2D eigenvalue weighted by atomic mass is 35.5. The lowest BCUT2D eigenvalue weighted by Gasteiger charge is -2.05. The summed E-state index contributed by atoms with van der Waals surface area (Å²) in [5.74, 6) is 0.739. The van der Waals surface area contributed by atoms with Crippen molar-refractivity contribution in [2.24, 2.45) is 5.10 Å². The first-order valence-electron chi connectivity index (χ1n) is 8.41. The van der Waals surface area contributed by atoms with Crippen LogP contribution in [-0.4, -0.2) is 20.7 Å². The molecule has 0 saturated heterocycles. The first-order valence-corrected chi connectivity index (χ1v) is 10.3. The largest absolute Gasteiger partial charge is 0.459 e. The monoisotopic (exact) mass is 432 g/mol. The van der Waals surface area contributed by atoms with Gasteiger partial charge >= 0.3 is 6.03 Å². The second-order valence-electron chi connectivity index (χ2n) is 5.77. The summed E-state index contributed by atoms with van der Waals surface area (Å²) < 4.78 is 32.4. The number of anilines is 1. The number of sulfonamides is 1. The van der Waals surface area contributed by atoms with Gasteiger partial charge in [0.1, 0.15) is 11.5 Å². The fourth-order valence-corrected chi connectivity index (χ4v) is 3.38. The number of furan rings is 1. The van der Waals surface area contributed by atoms with Crippen LogP contribution >= 0.6 is 11.6 Å². The van der Waals surface area contributed by atoms with E-state index in [1.165, 1.54) is 30.5 Å². The Hall–Kier alpha value is -3.14. The van der Waals surface area contributed by atoms with Gasteiger partial charge in [-0.2, -0.15) is 5.10 Å². The number of halogens is 1. The lowest BCUT2D eigenvalue weighted by atomic mass is 10.3. The molecule has 2 amide bonds. The number of amides is 2. The van der Waals surface area contributed by atoms with Gasteiger partial charge in [-0.25, -0.2) is 23.4 Å². The van der Waals surface area contributed by atoms with E-state index in [-0.39, 0.29) is 11.4 Å². The van der Waals surface area contributed by atoms with Gasteiger partial charge in [-0.05, 0) is 48.5 Å². The van der Waals surface area contributed by atoms with Gasteiger partial charge in [0, 0.05) is 10.7 Å². The molecule has 29 heavy (non-hydrogen) atoms. The predicted molar refractivity (Wildman–Crippen MR) is 110 cm³/mol. The zero-order valence-electron chi connectivity index (χ0n) is 15.0. The van der Waals surface area contributed by atoms with Crippen molar-refractivity contribution in [3.05, 3.63) is 83.3 Å². The summed E-state index contributed by atoms with van der Waals surface area (Å²) >= 11 is 5.77. The number of urea groups is 1. The van der Waals surface area contributed by atoms with Crippen molar-refractivity contribution in [1.82, 2.24) is 10.1 Å². The second-order valence-corrected chi connectivity index (χ2v) is 7.98. The van der Waals surface area contributed by atoms with Gasteiger partial charge in [0.2, 0.25) is 10.0 Å². The third kappa shape index (κ3) is 6.18. The number of hydrazone groups is 1. The van der Waals surface area contributed by atoms with Gasteiger partial charge in [-0.1, -0.05) is 29.8 Å². The Labute approximate surface area is 172 Å². The Bertz CT molecular complexity index is 1100. The topological polar surface area (TPSA) is 113 Å². The Morgan fingerprint density at radius 2 is 1.76 bits per heavy atom. The third-order valence-electron chi connectivity index (χ3n) is 3.63. The summed E-state index contributed by atoms with van der Waals surface area (Å²) in [6.07, 6.45) is 1.31. The summed E-state index contributed by atoms with van der Waals surface area (Å²) in [4.78, 5) is 11.8. The summed E-state index contributed by atoms with van der Waals surface area (Å²) in [5.41, 5.74) is 2.94. The minimum Gasteiger partial charge on any atom is -0.459 e. The quantitative estimate of drug-likeness (QED) is 0.391. The summed E-state index contributed by atoms with van der Waals surface area (Å²) in [6.45, 7) is -0.0410. The third-order valence-corrected chi connectivity index (χ3v) is 5.30. The molecule has 0 fully saturated rings. The molecule has 8 nitrogen and oxygen atoms in total. The number of benzene rings is 2. The molecule has 0 aliphatic heterocycles. The molecule has 3 aromatic rings. The van der Waals surface area contributed by atoms with Crippen LogP contribution < -0.4 is 15.5 Å². The van der Waals surface area contributed by atoms with E-state index in [4.69, 9.17) is 16.0 Å². The Morgan fingerprint density at radius 1 is 1.03 bits per heavy atom. The fraction of sp³-hybridized carbons (Fsp3) is 0.0526. The highest BCUT2D eigenvalue weighted by Crippen LogP contribution is 2.14. The molecule has 150 valence electrons. The van der Waals surface area contributed by atoms with E-state index in [9.17, 15) is 13.2 Å². The highest BCUT2D eigenvalue weighted by Gasteiger charge is 2.14. The number of rotatable bonds is 7. The van der Waals surface area contributed by atoms with E-state index in [2.05, 4.69) is 20.6 Å². The number of carbonyl (C=O) groups is 1. The number of nitrogens with one attached hydrogen (secondary N) is 3. The molecule has 0 unspecified atom stereocenters. The van der Waals surface area contributed by atoms with Crippen molar-refractivity contribution in [2.45, 2.75) is 11.4 Å². The maximum Gasteiger partial charge on any atom is 0.339 e. The molecule has 0 aliphatic carbocycles. The molecular weight excluding hydrogens is 416 g/mol. The van der Waals surface area contributed by atoms with Crippen LogP contribution in [0.1, 0.15) is 11.5 Å². The Kier molecular flexibility index (Phi) is 6.65. The molecule has 0 aliphatic rings. The van der Waals surface area contributed by atoms with E-state index < -0.39 is 16.1 Å². The number of hydrogen-bond donors (Lipinski definition) is 3. The van der Waals surface area contributed by atoms with E-state index in [1.807, 2.05) is 6.07 Å². The van der Waals surface area contributed by atoms with Gasteiger partial charge in [0.25, 0.3) is 0 Å². The minimum absolute atomic E-state index is 0.0410. The van der Waals surface area contributed by atoms with Crippen molar-refractivity contribution in [2.75, 3.05) is 5.32 Å². The van der Waals surface area contributed by atoms with Gasteiger partial charge < -0.3 is 9.73 Å². The second kappa shape index (κ2) is 9.37. The van der Waals surface area contributed by atoms with Crippen molar-refractivity contribution in [1.29, 1.82) is 0 Å². The minimum atomic E-state index is -3.69. The zero-order chi connectivity index (χ0) is 20.7. The van der Waals surface area contributed by atoms with Crippen molar-refractivity contribution < 1.29 is 17.6 Å². The van der Waals surface area contributed by atoms with Crippen molar-refractivity contribution in [3.63, 3.8) is 0 Å². The molecule has 3 N–H and O–H groups in total. The highest BCUT2D eigenvalue weighted by molar-refractivity contribution is 7.89. The van der Waals surface area contributed by atoms with Crippen LogP contribution in [0.25, 0.3) is 0 Å². The number of hydrogen-bond acceptors (Lipinski definition) is 5. The number of carbonyl (C=O) groups excluding carboxylic acids is 1. The average molecular weight is 433 g/mol. The molecule has 0 radical (unpaired) electrons. The molecule has 3 rings (SSSR count). The molecular formula is C19H17ClN4O4S. The van der Waals surface area contributed by atoms with Crippen LogP contribution in [0.15, 0.2) is 81.1 Å². The van der Waals surface area contributed by atoms with Crippen LogP contribution in [0.2, 0.25) is 5.02 Å². The van der Waals surface area contributed by atoms with E-state index in [0.29, 0.717) is 22.2 Å². The van der Waals surface area contributed by atoms with Crippen molar-refractivity contribution in [3.8, 4) is 0 Å². The molecule has 0 spiro atoms. The molecule has 0 bridgehead atoms. The molecule has 1 aromatic heterocycles. The van der Waals surface area contributed by atoms with E-state index >= 15 is 0 Å². The molecule has 10 heteroatoms. The fourth-order valence-electron chi connectivity index (χ4n) is 2.26. The van der Waals surface area contributed by atoms with Crippen LogP contribution in [-0.2, 0) is 16.6 Å². The predicted octanol–water partition coefficient (Wildman–Crippen LogP) is 3.57. The molecule has 0 atom stereocenters. The molecule has 0 saturated carbocycles. The molecule has 1 heterocycles. The van der Waals surface area contributed by atoms with Crippen LogP contribution in [0, 0.1) is 0 Å². The van der Waals surface area contributed by atoms with Gasteiger partial charge in [-0.3, -0.25) is 0 Å². The van der Waals surface area contributed by atoms with E-state index in [1.54, 1.807) is 36.4 Å². The van der Waals surface area contributed by atoms with Gasteiger partial charge in [0.15, 0.2) is 0 Å². The van der Waals surface area contributed by atoms with Gasteiger partial charge in [0.05, 0.1) is 17.7 Å². The first-order chi connectivity index (χ1) is 13.9. The average Bonchev–Trinajstić information content (AvgIpc) is 3.15. The van der Waals surface area contributed by atoms with Crippen LogP contribution in [0.4, 0.5) is 10.5 Å². The van der Waals surface area contributed by atoms with Crippen molar-refractivity contribution >= 4 is 39.6 Å². The standard InChI is InChI=1S/C19H17ClN4O4S/c20-14-6-10-18(11-7-14)29(26,27)22-13-17-9-8-16(28-17)12-21-24-19(25)23-15-4-2-1-3-5-15/h1-12,22H,13H2,(H2,23,24,25)/b21-12+. The maximum absolute atomic E-state index is 12.2. The van der Waals surface area contributed by atoms with Crippen LogP contribution in [0.3, 0.4) is 0 Å². The van der Waals surface area contributed by atoms with E-state index in [0.717, 1.165) is 0 Å². The summed E-state index contributed by atoms with van der Waals surface area (Å²) in [5, 5.41) is 6.84. The number of nitrogens with zero attached hydrogens (tertiary/aromatic N) is 1. The zero-order valence-corrected chi connectivity index (χ0v) is 16.6.